The monoisotopic (exact) mass is 527 g/mol. The predicted molar refractivity (Wildman–Crippen MR) is 124 cm³/mol. The number of halogens is 1. The molecular formula is C17H30IN5O2S2. The number of nitrogens with zero attached hydrogens (tertiary/aromatic N) is 4. The summed E-state index contributed by atoms with van der Waals surface area (Å²) in [6.07, 6.45) is 3.11. The number of sulfonamides is 1. The second-order valence-electron chi connectivity index (χ2n) is 6.79. The summed E-state index contributed by atoms with van der Waals surface area (Å²) in [5.41, 5.74) is 0. The maximum atomic E-state index is 11.9. The van der Waals surface area contributed by atoms with Crippen LogP contribution in [0, 0.1) is 0 Å². The molecule has 2 aliphatic rings. The van der Waals surface area contributed by atoms with Crippen molar-refractivity contribution in [1.29, 1.82) is 0 Å². The fourth-order valence-corrected chi connectivity index (χ4v) is 5.59. The normalized spacial score (nSPS) is 22.0. The minimum atomic E-state index is -3.14. The SMILES string of the molecule is CCNC(=NC[C@H]1CCCN1S(C)(=O)=O)N1CCN(c2cccs2)CC1.I. The first-order valence-corrected chi connectivity index (χ1v) is 12.0. The molecule has 2 saturated heterocycles. The van der Waals surface area contributed by atoms with Crippen molar-refractivity contribution in [3.63, 3.8) is 0 Å². The molecule has 3 heterocycles. The van der Waals surface area contributed by atoms with Gasteiger partial charge in [0.2, 0.25) is 10.0 Å². The molecule has 0 aromatic carbocycles. The number of nitrogens with one attached hydrogen (secondary N) is 1. The lowest BCUT2D eigenvalue weighted by molar-refractivity contribution is 0.366. The fourth-order valence-electron chi connectivity index (χ4n) is 3.63. The summed E-state index contributed by atoms with van der Waals surface area (Å²) in [5, 5.41) is 6.81. The zero-order chi connectivity index (χ0) is 18.6. The molecule has 0 bridgehead atoms. The van der Waals surface area contributed by atoms with Gasteiger partial charge in [-0.1, -0.05) is 0 Å². The van der Waals surface area contributed by atoms with E-state index in [1.165, 1.54) is 11.3 Å². The molecule has 0 spiro atoms. The molecule has 0 amide bonds. The topological polar surface area (TPSA) is 68.2 Å². The molecule has 0 saturated carbocycles. The summed E-state index contributed by atoms with van der Waals surface area (Å²) in [4.78, 5) is 9.47. The van der Waals surface area contributed by atoms with Crippen LogP contribution >= 0.6 is 35.3 Å². The standard InChI is InChI=1S/C17H29N5O2S2.HI/c1-3-18-17(19-14-15-6-4-8-22(15)26(2,23)24)21-11-9-20(10-12-21)16-7-5-13-25-16;/h5,7,13,15H,3-4,6,8-12,14H2,1-2H3,(H,18,19);1H/t15-;/m1./s1. The van der Waals surface area contributed by atoms with E-state index in [0.717, 1.165) is 51.5 Å². The van der Waals surface area contributed by atoms with E-state index in [9.17, 15) is 8.42 Å². The summed E-state index contributed by atoms with van der Waals surface area (Å²) < 4.78 is 25.4. The van der Waals surface area contributed by atoms with Crippen LogP contribution < -0.4 is 10.2 Å². The first kappa shape index (κ1) is 22.7. The van der Waals surface area contributed by atoms with E-state index in [1.54, 1.807) is 15.6 Å². The third-order valence-corrected chi connectivity index (χ3v) is 7.19. The van der Waals surface area contributed by atoms with E-state index >= 15 is 0 Å². The van der Waals surface area contributed by atoms with Gasteiger partial charge in [-0.15, -0.1) is 35.3 Å². The quantitative estimate of drug-likeness (QED) is 0.360. The van der Waals surface area contributed by atoms with Gasteiger partial charge in [0.1, 0.15) is 0 Å². The van der Waals surface area contributed by atoms with E-state index in [-0.39, 0.29) is 30.0 Å². The number of hydrogen-bond donors (Lipinski definition) is 1. The molecule has 3 rings (SSSR count). The maximum absolute atomic E-state index is 11.9. The number of aliphatic imine (C=N–C) groups is 1. The van der Waals surface area contributed by atoms with Crippen molar-refractivity contribution < 1.29 is 8.42 Å². The second-order valence-corrected chi connectivity index (χ2v) is 9.65. The predicted octanol–water partition coefficient (Wildman–Crippen LogP) is 1.88. The number of thiophene rings is 1. The summed E-state index contributed by atoms with van der Waals surface area (Å²) in [6.45, 7) is 7.82. The van der Waals surface area contributed by atoms with Gasteiger partial charge in [0, 0.05) is 45.3 Å². The zero-order valence-corrected chi connectivity index (χ0v) is 20.0. The molecule has 1 N–H and O–H groups in total. The Morgan fingerprint density at radius 1 is 1.30 bits per heavy atom. The Morgan fingerprint density at radius 2 is 2.04 bits per heavy atom. The maximum Gasteiger partial charge on any atom is 0.211 e. The molecule has 1 aromatic rings. The van der Waals surface area contributed by atoms with Crippen LogP contribution in [0.2, 0.25) is 0 Å². The van der Waals surface area contributed by atoms with Crippen LogP contribution in [-0.4, -0.2) is 81.7 Å². The third-order valence-electron chi connectivity index (χ3n) is 4.93. The highest BCUT2D eigenvalue weighted by molar-refractivity contribution is 14.0. The Morgan fingerprint density at radius 3 is 2.63 bits per heavy atom. The van der Waals surface area contributed by atoms with Gasteiger partial charge < -0.3 is 15.1 Å². The molecule has 1 aromatic heterocycles. The molecular weight excluding hydrogens is 497 g/mol. The van der Waals surface area contributed by atoms with E-state index in [1.807, 2.05) is 0 Å². The van der Waals surface area contributed by atoms with Gasteiger partial charge in [0.25, 0.3) is 0 Å². The van der Waals surface area contributed by atoms with E-state index in [4.69, 9.17) is 4.99 Å². The number of piperazine rings is 1. The Balaban J connectivity index is 0.00000261. The molecule has 27 heavy (non-hydrogen) atoms. The van der Waals surface area contributed by atoms with Crippen LogP contribution in [0.5, 0.6) is 0 Å². The Hall–Kier alpha value is -0.590. The van der Waals surface area contributed by atoms with Gasteiger partial charge in [0.15, 0.2) is 5.96 Å². The summed E-state index contributed by atoms with van der Waals surface area (Å²) in [6, 6.07) is 4.25. The number of hydrogen-bond acceptors (Lipinski definition) is 5. The Kier molecular flexibility index (Phi) is 8.63. The smallest absolute Gasteiger partial charge is 0.211 e. The van der Waals surface area contributed by atoms with Crippen LogP contribution in [0.1, 0.15) is 19.8 Å². The van der Waals surface area contributed by atoms with Crippen LogP contribution in [0.3, 0.4) is 0 Å². The van der Waals surface area contributed by atoms with Gasteiger partial charge in [-0.25, -0.2) is 8.42 Å². The third kappa shape index (κ3) is 5.94. The number of guanidine groups is 1. The molecule has 154 valence electrons. The van der Waals surface area contributed by atoms with Crippen molar-refractivity contribution in [2.45, 2.75) is 25.8 Å². The minimum Gasteiger partial charge on any atom is -0.360 e. The van der Waals surface area contributed by atoms with Crippen molar-refractivity contribution in [3.05, 3.63) is 17.5 Å². The van der Waals surface area contributed by atoms with Crippen molar-refractivity contribution >= 4 is 56.3 Å². The molecule has 7 nitrogen and oxygen atoms in total. The summed E-state index contributed by atoms with van der Waals surface area (Å²) in [7, 11) is -3.14. The molecule has 2 aliphatic heterocycles. The van der Waals surface area contributed by atoms with Crippen LogP contribution in [0.15, 0.2) is 22.5 Å². The van der Waals surface area contributed by atoms with Crippen LogP contribution in [0.4, 0.5) is 5.00 Å². The fraction of sp³-hybridized carbons (Fsp3) is 0.706. The molecule has 2 fully saturated rings. The summed E-state index contributed by atoms with van der Waals surface area (Å²) >= 11 is 1.78. The lowest BCUT2D eigenvalue weighted by Crippen LogP contribution is -2.52. The van der Waals surface area contributed by atoms with Crippen molar-refractivity contribution in [2.24, 2.45) is 4.99 Å². The van der Waals surface area contributed by atoms with Crippen molar-refractivity contribution in [2.75, 3.05) is 57.0 Å². The van der Waals surface area contributed by atoms with E-state index in [0.29, 0.717) is 13.1 Å². The molecule has 0 unspecified atom stereocenters. The average Bonchev–Trinajstić information content (AvgIpc) is 3.30. The molecule has 10 heteroatoms. The van der Waals surface area contributed by atoms with Gasteiger partial charge >= 0.3 is 0 Å². The number of anilines is 1. The van der Waals surface area contributed by atoms with Gasteiger partial charge in [0.05, 0.1) is 17.8 Å². The highest BCUT2D eigenvalue weighted by atomic mass is 127. The van der Waals surface area contributed by atoms with Gasteiger partial charge in [-0.05, 0) is 37.3 Å². The molecule has 0 aliphatic carbocycles. The highest BCUT2D eigenvalue weighted by Crippen LogP contribution is 2.23. The number of rotatable bonds is 5. The van der Waals surface area contributed by atoms with Crippen molar-refractivity contribution in [3.8, 4) is 0 Å². The zero-order valence-electron chi connectivity index (χ0n) is 16.0. The molecule has 1 atom stereocenters. The van der Waals surface area contributed by atoms with Crippen LogP contribution in [-0.2, 0) is 10.0 Å². The lowest BCUT2D eigenvalue weighted by Gasteiger charge is -2.37. The molecule has 0 radical (unpaired) electrons. The lowest BCUT2D eigenvalue weighted by atomic mass is 10.2. The minimum absolute atomic E-state index is 0. The largest absolute Gasteiger partial charge is 0.360 e. The Bertz CT molecular complexity index is 703. The van der Waals surface area contributed by atoms with Gasteiger partial charge in [-0.3, -0.25) is 4.99 Å². The van der Waals surface area contributed by atoms with E-state index in [2.05, 4.69) is 39.6 Å². The second kappa shape index (κ2) is 10.3. The summed E-state index contributed by atoms with van der Waals surface area (Å²) in [5.74, 6) is 0.902. The average molecular weight is 527 g/mol. The van der Waals surface area contributed by atoms with Crippen molar-refractivity contribution in [1.82, 2.24) is 14.5 Å². The highest BCUT2D eigenvalue weighted by Gasteiger charge is 2.31. The Labute approximate surface area is 183 Å². The van der Waals surface area contributed by atoms with Gasteiger partial charge in [-0.2, -0.15) is 4.31 Å². The van der Waals surface area contributed by atoms with E-state index < -0.39 is 10.0 Å². The van der Waals surface area contributed by atoms with Crippen LogP contribution in [0.25, 0.3) is 0 Å². The first-order chi connectivity index (χ1) is 12.5. The first-order valence-electron chi connectivity index (χ1n) is 9.27.